The van der Waals surface area contributed by atoms with Crippen molar-refractivity contribution in [3.05, 3.63) is 46.9 Å². The fraction of sp³-hybridized carbons (Fsp3) is 0.476. The van der Waals surface area contributed by atoms with Crippen molar-refractivity contribution in [1.29, 1.82) is 0 Å². The lowest BCUT2D eigenvalue weighted by atomic mass is 9.86. The molecule has 1 unspecified atom stereocenters. The van der Waals surface area contributed by atoms with Gasteiger partial charge in [-0.05, 0) is 67.5 Å². The Bertz CT molecular complexity index is 715. The molecule has 0 fully saturated rings. The number of benzene rings is 1. The third-order valence-corrected chi connectivity index (χ3v) is 4.54. The molecule has 0 aliphatic heterocycles. The Morgan fingerprint density at radius 1 is 1.22 bits per heavy atom. The number of allylic oxidation sites excluding steroid dienone is 2. The summed E-state index contributed by atoms with van der Waals surface area (Å²) >= 11 is 0. The largest absolute Gasteiger partial charge is 0.253 e. The van der Waals surface area contributed by atoms with Crippen LogP contribution in [0.4, 0.5) is 4.39 Å². The normalized spacial score (nSPS) is 17.9. The number of aryl methyl sites for hydroxylation is 2. The van der Waals surface area contributed by atoms with Crippen molar-refractivity contribution in [3.63, 3.8) is 0 Å². The molecule has 0 spiro atoms. The van der Waals surface area contributed by atoms with Gasteiger partial charge in [-0.1, -0.05) is 33.8 Å². The highest BCUT2D eigenvalue weighted by molar-refractivity contribution is 5.86. The van der Waals surface area contributed by atoms with E-state index in [1.807, 2.05) is 39.8 Å². The van der Waals surface area contributed by atoms with Gasteiger partial charge in [0.25, 0.3) is 0 Å². The Hall–Kier alpha value is -1.70. The zero-order valence-electron chi connectivity index (χ0n) is 15.0. The standard InChI is InChI=1S/C19H22FN.C2H6/c1-4-14-10-13(3)21-18-9-8-15(11-17(14)18)16-7-5-6-12(2)19(16)20;1-2/h8-12H,4-7H2,1-3H3;1-2H3. The van der Waals surface area contributed by atoms with Gasteiger partial charge in [-0.3, -0.25) is 4.98 Å². The molecule has 124 valence electrons. The molecular formula is C21H28FN. The Kier molecular flexibility index (Phi) is 5.92. The van der Waals surface area contributed by atoms with Crippen molar-refractivity contribution in [2.45, 2.75) is 60.3 Å². The van der Waals surface area contributed by atoms with Gasteiger partial charge in [-0.15, -0.1) is 0 Å². The Morgan fingerprint density at radius 2 is 1.96 bits per heavy atom. The number of fused-ring (bicyclic) bond motifs is 1. The maximum atomic E-state index is 14.4. The van der Waals surface area contributed by atoms with Crippen LogP contribution in [0.1, 0.15) is 63.8 Å². The average molecular weight is 313 g/mol. The lowest BCUT2D eigenvalue weighted by Crippen LogP contribution is -2.05. The number of pyridine rings is 1. The van der Waals surface area contributed by atoms with Crippen molar-refractivity contribution < 1.29 is 4.39 Å². The highest BCUT2D eigenvalue weighted by Gasteiger charge is 2.21. The fourth-order valence-electron chi connectivity index (χ4n) is 3.33. The van der Waals surface area contributed by atoms with E-state index in [4.69, 9.17) is 0 Å². The molecule has 1 aliphatic rings. The molecule has 3 rings (SSSR count). The van der Waals surface area contributed by atoms with Crippen molar-refractivity contribution in [2.75, 3.05) is 0 Å². The lowest BCUT2D eigenvalue weighted by Gasteiger charge is -2.21. The minimum absolute atomic E-state index is 0.0613. The minimum atomic E-state index is 0.0613. The minimum Gasteiger partial charge on any atom is -0.253 e. The summed E-state index contributed by atoms with van der Waals surface area (Å²) in [6.07, 6.45) is 3.86. The highest BCUT2D eigenvalue weighted by atomic mass is 19.1. The van der Waals surface area contributed by atoms with Crippen molar-refractivity contribution >= 4 is 16.5 Å². The number of hydrogen-bond donors (Lipinski definition) is 0. The predicted molar refractivity (Wildman–Crippen MR) is 98.2 cm³/mol. The fourth-order valence-corrected chi connectivity index (χ4v) is 3.33. The average Bonchev–Trinajstić information content (AvgIpc) is 2.58. The van der Waals surface area contributed by atoms with E-state index in [1.165, 1.54) is 10.9 Å². The van der Waals surface area contributed by atoms with E-state index < -0.39 is 0 Å². The van der Waals surface area contributed by atoms with E-state index in [0.717, 1.165) is 48.0 Å². The number of aromatic nitrogens is 1. The van der Waals surface area contributed by atoms with Crippen LogP contribution in [0.3, 0.4) is 0 Å². The third kappa shape index (κ3) is 3.63. The predicted octanol–water partition coefficient (Wildman–Crippen LogP) is 6.63. The van der Waals surface area contributed by atoms with Gasteiger partial charge in [0.2, 0.25) is 0 Å². The van der Waals surface area contributed by atoms with E-state index in [0.29, 0.717) is 0 Å². The second-order valence-corrected chi connectivity index (χ2v) is 6.13. The van der Waals surface area contributed by atoms with Crippen LogP contribution in [0.2, 0.25) is 0 Å². The number of hydrogen-bond acceptors (Lipinski definition) is 1. The summed E-state index contributed by atoms with van der Waals surface area (Å²) in [4.78, 5) is 4.59. The van der Waals surface area contributed by atoms with Crippen LogP contribution in [-0.4, -0.2) is 4.98 Å². The molecule has 1 aromatic heterocycles. The summed E-state index contributed by atoms with van der Waals surface area (Å²) in [5, 5.41) is 1.17. The van der Waals surface area contributed by atoms with E-state index >= 15 is 0 Å². The van der Waals surface area contributed by atoms with E-state index in [1.54, 1.807) is 0 Å². The first-order chi connectivity index (χ1) is 11.1. The zero-order valence-corrected chi connectivity index (χ0v) is 15.0. The van der Waals surface area contributed by atoms with Crippen LogP contribution in [0.5, 0.6) is 0 Å². The molecule has 1 aromatic carbocycles. The Balaban J connectivity index is 0.000000924. The molecular weight excluding hydrogens is 285 g/mol. The first-order valence-electron chi connectivity index (χ1n) is 8.89. The van der Waals surface area contributed by atoms with Gasteiger partial charge in [0, 0.05) is 17.0 Å². The zero-order chi connectivity index (χ0) is 17.0. The first-order valence-corrected chi connectivity index (χ1v) is 8.89. The molecule has 2 aromatic rings. The maximum absolute atomic E-state index is 14.4. The van der Waals surface area contributed by atoms with E-state index in [-0.39, 0.29) is 11.7 Å². The second-order valence-electron chi connectivity index (χ2n) is 6.13. The number of rotatable bonds is 2. The molecule has 1 atom stereocenters. The highest BCUT2D eigenvalue weighted by Crippen LogP contribution is 2.37. The molecule has 0 radical (unpaired) electrons. The number of nitrogens with zero attached hydrogens (tertiary/aromatic N) is 1. The molecule has 1 heterocycles. The molecule has 0 bridgehead atoms. The summed E-state index contributed by atoms with van der Waals surface area (Å²) in [5.41, 5.74) is 5.29. The van der Waals surface area contributed by atoms with Crippen LogP contribution in [0.15, 0.2) is 30.1 Å². The molecule has 1 aliphatic carbocycles. The monoisotopic (exact) mass is 313 g/mol. The van der Waals surface area contributed by atoms with Gasteiger partial charge in [0.05, 0.1) is 5.52 Å². The van der Waals surface area contributed by atoms with Crippen molar-refractivity contribution in [1.82, 2.24) is 4.98 Å². The van der Waals surface area contributed by atoms with E-state index in [2.05, 4.69) is 24.0 Å². The topological polar surface area (TPSA) is 12.9 Å². The van der Waals surface area contributed by atoms with Crippen LogP contribution in [0.25, 0.3) is 16.5 Å². The smallest absolute Gasteiger partial charge is 0.106 e. The summed E-state index contributed by atoms with van der Waals surface area (Å²) in [6.45, 7) is 10.2. The number of halogens is 1. The first kappa shape index (κ1) is 17.7. The van der Waals surface area contributed by atoms with Gasteiger partial charge in [-0.2, -0.15) is 0 Å². The van der Waals surface area contributed by atoms with Crippen LogP contribution >= 0.6 is 0 Å². The molecule has 0 amide bonds. The Labute approximate surface area is 139 Å². The summed E-state index contributed by atoms with van der Waals surface area (Å²) in [5.74, 6) is 0.143. The van der Waals surface area contributed by atoms with Crippen LogP contribution in [-0.2, 0) is 6.42 Å². The molecule has 0 saturated carbocycles. The van der Waals surface area contributed by atoms with Gasteiger partial charge < -0.3 is 0 Å². The SMILES string of the molecule is CC.CCc1cc(C)nc2ccc(C3=C(F)C(C)CCC3)cc12. The summed E-state index contributed by atoms with van der Waals surface area (Å²) in [6, 6.07) is 8.34. The Morgan fingerprint density at radius 3 is 2.65 bits per heavy atom. The van der Waals surface area contributed by atoms with Crippen molar-refractivity contribution in [2.24, 2.45) is 5.92 Å². The van der Waals surface area contributed by atoms with E-state index in [9.17, 15) is 4.39 Å². The van der Waals surface area contributed by atoms with Crippen molar-refractivity contribution in [3.8, 4) is 0 Å². The van der Waals surface area contributed by atoms with Gasteiger partial charge in [0.15, 0.2) is 0 Å². The quantitative estimate of drug-likeness (QED) is 0.606. The maximum Gasteiger partial charge on any atom is 0.106 e. The van der Waals surface area contributed by atoms with Gasteiger partial charge >= 0.3 is 0 Å². The van der Waals surface area contributed by atoms with Gasteiger partial charge in [0.1, 0.15) is 5.83 Å². The summed E-state index contributed by atoms with van der Waals surface area (Å²) in [7, 11) is 0. The summed E-state index contributed by atoms with van der Waals surface area (Å²) < 4.78 is 14.4. The molecule has 0 saturated heterocycles. The van der Waals surface area contributed by atoms with Crippen LogP contribution < -0.4 is 0 Å². The molecule has 0 N–H and O–H groups in total. The molecule has 1 nitrogen and oxygen atoms in total. The second kappa shape index (κ2) is 7.72. The molecule has 23 heavy (non-hydrogen) atoms. The molecule has 2 heteroatoms. The van der Waals surface area contributed by atoms with Gasteiger partial charge in [-0.25, -0.2) is 4.39 Å². The van der Waals surface area contributed by atoms with Crippen LogP contribution in [0, 0.1) is 12.8 Å². The lowest BCUT2D eigenvalue weighted by molar-refractivity contribution is 0.440. The third-order valence-electron chi connectivity index (χ3n) is 4.54.